The van der Waals surface area contributed by atoms with Gasteiger partial charge in [-0.3, -0.25) is 9.69 Å². The fraction of sp³-hybridized carbons (Fsp3) is 0.800. The second-order valence-electron chi connectivity index (χ2n) is 8.02. The predicted molar refractivity (Wildman–Crippen MR) is 110 cm³/mol. The summed E-state index contributed by atoms with van der Waals surface area (Å²) in [6.45, 7) is 4.69. The van der Waals surface area contributed by atoms with Crippen LogP contribution >= 0.6 is 0 Å². The minimum absolute atomic E-state index is 0.0352. The Morgan fingerprint density at radius 2 is 1.97 bits per heavy atom. The van der Waals surface area contributed by atoms with Gasteiger partial charge in [-0.1, -0.05) is 32.6 Å². The van der Waals surface area contributed by atoms with Gasteiger partial charge in [0.25, 0.3) is 0 Å². The van der Waals surface area contributed by atoms with Gasteiger partial charge in [0.1, 0.15) is 0 Å². The first-order chi connectivity index (χ1) is 14.0. The van der Waals surface area contributed by atoms with Gasteiger partial charge < -0.3 is 14.6 Å². The van der Waals surface area contributed by atoms with Crippen LogP contribution in [0.25, 0.3) is 0 Å². The van der Waals surface area contributed by atoms with Gasteiger partial charge >= 0.3 is 0 Å². The maximum Gasteiger partial charge on any atom is 0.237 e. The van der Waals surface area contributed by atoms with Gasteiger partial charge in [0, 0.05) is 33.3 Å². The molecule has 29 heavy (non-hydrogen) atoms. The molecule has 3 rings (SSSR count). The van der Waals surface area contributed by atoms with Crippen LogP contribution in [0.4, 0.5) is 0 Å². The molecular weight excluding hydrogens is 392 g/mol. The molecule has 0 spiro atoms. The van der Waals surface area contributed by atoms with Crippen LogP contribution in [0.15, 0.2) is 11.4 Å². The first kappa shape index (κ1) is 22.2. The second-order valence-corrected chi connectivity index (χ2v) is 10.1. The molecule has 1 saturated carbocycles. The summed E-state index contributed by atoms with van der Waals surface area (Å²) in [5.41, 5.74) is 0.822. The van der Waals surface area contributed by atoms with Gasteiger partial charge in [0.2, 0.25) is 20.9 Å². The molecule has 0 bridgehead atoms. The first-order valence-electron chi connectivity index (χ1n) is 10.8. The molecule has 2 aliphatic rings. The van der Waals surface area contributed by atoms with Gasteiger partial charge in [0.05, 0.1) is 29.8 Å². The van der Waals surface area contributed by atoms with Gasteiger partial charge in [-0.05, 0) is 19.3 Å². The van der Waals surface area contributed by atoms with Crippen molar-refractivity contribution in [2.75, 3.05) is 26.8 Å². The maximum atomic E-state index is 13.4. The average Bonchev–Trinajstić information content (AvgIpc) is 2.91. The van der Waals surface area contributed by atoms with Crippen molar-refractivity contribution in [3.63, 3.8) is 0 Å². The molecule has 2 heterocycles. The van der Waals surface area contributed by atoms with Gasteiger partial charge in [-0.2, -0.15) is 0 Å². The predicted octanol–water partition coefficient (Wildman–Crippen LogP) is 1.74. The average molecular weight is 427 g/mol. The van der Waals surface area contributed by atoms with Crippen LogP contribution in [0, 0.1) is 0 Å². The molecule has 1 atom stereocenters. The maximum absolute atomic E-state index is 13.4. The fourth-order valence-electron chi connectivity index (χ4n) is 4.47. The van der Waals surface area contributed by atoms with Crippen LogP contribution < -0.4 is 5.32 Å². The number of ether oxygens (including phenoxy) is 1. The highest BCUT2D eigenvalue weighted by Crippen LogP contribution is 2.28. The van der Waals surface area contributed by atoms with Gasteiger partial charge in [-0.25, -0.2) is 13.4 Å². The van der Waals surface area contributed by atoms with E-state index in [1.54, 1.807) is 17.9 Å². The summed E-state index contributed by atoms with van der Waals surface area (Å²) in [7, 11) is -1.89. The molecule has 164 valence electrons. The highest BCUT2D eigenvalue weighted by atomic mass is 32.2. The Balaban J connectivity index is 1.89. The lowest BCUT2D eigenvalue weighted by atomic mass is 10.1. The van der Waals surface area contributed by atoms with E-state index in [-0.39, 0.29) is 22.4 Å². The summed E-state index contributed by atoms with van der Waals surface area (Å²) < 4.78 is 33.8. The molecule has 1 unspecified atom stereocenters. The molecule has 1 aromatic heterocycles. The van der Waals surface area contributed by atoms with E-state index in [2.05, 4.69) is 15.2 Å². The Hall–Kier alpha value is -1.45. The summed E-state index contributed by atoms with van der Waals surface area (Å²) in [6.07, 6.45) is 7.91. The van der Waals surface area contributed by atoms with Crippen LogP contribution in [-0.2, 0) is 32.5 Å². The standard InChI is InChI=1S/C20H34N4O4S/c1-3-18-19(25)21-10-11-23(18)15-16-14-22-20(24(16)12-13-28-2)29(26,27)17-8-6-4-5-7-9-17/h14,17-18H,3-13,15H2,1-2H3,(H,21,25). The molecule has 1 aliphatic carbocycles. The summed E-state index contributed by atoms with van der Waals surface area (Å²) >= 11 is 0. The largest absolute Gasteiger partial charge is 0.383 e. The third-order valence-electron chi connectivity index (χ3n) is 6.11. The number of carbonyl (C=O) groups excluding carboxylic acids is 1. The van der Waals surface area contributed by atoms with Crippen LogP contribution in [0.5, 0.6) is 0 Å². The Morgan fingerprint density at radius 3 is 2.62 bits per heavy atom. The van der Waals surface area contributed by atoms with Crippen molar-refractivity contribution in [1.82, 2.24) is 19.8 Å². The molecular formula is C20H34N4O4S. The number of methoxy groups -OCH3 is 1. The minimum atomic E-state index is -3.50. The molecule has 8 nitrogen and oxygen atoms in total. The van der Waals surface area contributed by atoms with Crippen molar-refractivity contribution in [2.45, 2.75) is 81.4 Å². The SMILES string of the molecule is CCC1C(=O)NCCN1Cc1cnc(S(=O)(=O)C2CCCCCC2)n1CCOC. The molecule has 1 aliphatic heterocycles. The highest BCUT2D eigenvalue weighted by Gasteiger charge is 2.34. The van der Waals surface area contributed by atoms with Crippen molar-refractivity contribution in [1.29, 1.82) is 0 Å². The summed E-state index contributed by atoms with van der Waals surface area (Å²) in [4.78, 5) is 18.7. The molecule has 9 heteroatoms. The van der Waals surface area contributed by atoms with Crippen LogP contribution in [0.2, 0.25) is 0 Å². The van der Waals surface area contributed by atoms with Gasteiger partial charge in [0.15, 0.2) is 0 Å². The van der Waals surface area contributed by atoms with E-state index in [0.29, 0.717) is 45.5 Å². The van der Waals surface area contributed by atoms with Crippen molar-refractivity contribution in [3.8, 4) is 0 Å². The minimum Gasteiger partial charge on any atom is -0.383 e. The number of nitrogens with one attached hydrogen (secondary N) is 1. The Bertz CT molecular complexity index is 784. The van der Waals surface area contributed by atoms with E-state index in [0.717, 1.165) is 37.9 Å². The van der Waals surface area contributed by atoms with Gasteiger partial charge in [-0.15, -0.1) is 0 Å². The monoisotopic (exact) mass is 426 g/mol. The summed E-state index contributed by atoms with van der Waals surface area (Å²) in [6, 6.07) is -0.198. The third-order valence-corrected chi connectivity index (χ3v) is 8.29. The second kappa shape index (κ2) is 10.0. The Morgan fingerprint density at radius 1 is 1.24 bits per heavy atom. The van der Waals surface area contributed by atoms with Crippen molar-refractivity contribution in [2.24, 2.45) is 0 Å². The van der Waals surface area contributed by atoms with E-state index < -0.39 is 9.84 Å². The molecule has 1 amide bonds. The zero-order valence-corrected chi connectivity index (χ0v) is 18.4. The lowest BCUT2D eigenvalue weighted by Crippen LogP contribution is -2.54. The number of nitrogens with zero attached hydrogens (tertiary/aromatic N) is 3. The third kappa shape index (κ3) is 5.00. The number of hydrogen-bond acceptors (Lipinski definition) is 6. The molecule has 1 saturated heterocycles. The molecule has 1 N–H and O–H groups in total. The quantitative estimate of drug-likeness (QED) is 0.637. The smallest absolute Gasteiger partial charge is 0.237 e. The molecule has 0 radical (unpaired) electrons. The van der Waals surface area contributed by atoms with Crippen LogP contribution in [0.1, 0.15) is 57.6 Å². The number of sulfone groups is 1. The molecule has 2 fully saturated rings. The van der Waals surface area contributed by atoms with Crippen molar-refractivity contribution < 1.29 is 17.9 Å². The lowest BCUT2D eigenvalue weighted by molar-refractivity contribution is -0.129. The van der Waals surface area contributed by atoms with Crippen LogP contribution in [0.3, 0.4) is 0 Å². The zero-order valence-electron chi connectivity index (χ0n) is 17.6. The van der Waals surface area contributed by atoms with Crippen LogP contribution in [-0.4, -0.2) is 66.9 Å². The number of hydrogen-bond donors (Lipinski definition) is 1. The first-order valence-corrected chi connectivity index (χ1v) is 12.3. The molecule has 1 aromatic rings. The summed E-state index contributed by atoms with van der Waals surface area (Å²) in [5, 5.41) is 2.71. The lowest BCUT2D eigenvalue weighted by Gasteiger charge is -2.34. The number of imidazole rings is 1. The number of aromatic nitrogens is 2. The van der Waals surface area contributed by atoms with Crippen molar-refractivity contribution in [3.05, 3.63) is 11.9 Å². The zero-order chi connectivity index (χ0) is 20.9. The Kier molecular flexibility index (Phi) is 7.70. The van der Waals surface area contributed by atoms with E-state index in [4.69, 9.17) is 4.74 Å². The number of carbonyl (C=O) groups is 1. The van der Waals surface area contributed by atoms with E-state index in [1.165, 1.54) is 0 Å². The van der Waals surface area contributed by atoms with E-state index >= 15 is 0 Å². The van der Waals surface area contributed by atoms with Crippen molar-refractivity contribution >= 4 is 15.7 Å². The number of rotatable bonds is 8. The fourth-order valence-corrected chi connectivity index (χ4v) is 6.44. The van der Waals surface area contributed by atoms with E-state index in [1.807, 2.05) is 6.92 Å². The normalized spacial score (nSPS) is 22.4. The summed E-state index contributed by atoms with van der Waals surface area (Å²) in [5.74, 6) is 0.0352. The number of amides is 1. The Labute approximate surface area is 173 Å². The topological polar surface area (TPSA) is 93.5 Å². The highest BCUT2D eigenvalue weighted by molar-refractivity contribution is 7.91. The molecule has 0 aromatic carbocycles. The van der Waals surface area contributed by atoms with E-state index in [9.17, 15) is 13.2 Å². The number of piperazine rings is 1.